The van der Waals surface area contributed by atoms with Crippen molar-refractivity contribution in [1.82, 2.24) is 9.96 Å². The van der Waals surface area contributed by atoms with Gasteiger partial charge in [0.05, 0.1) is 3.79 Å². The number of thiophene rings is 1. The fourth-order valence-electron chi connectivity index (χ4n) is 2.53. The maximum absolute atomic E-state index is 14.2. The highest BCUT2D eigenvalue weighted by atomic mass is 79.9. The zero-order chi connectivity index (χ0) is 17.6. The van der Waals surface area contributed by atoms with Crippen LogP contribution in [0, 0.1) is 18.6 Å². The van der Waals surface area contributed by atoms with Crippen molar-refractivity contribution in [2.24, 2.45) is 0 Å². The van der Waals surface area contributed by atoms with Gasteiger partial charge in [0.2, 0.25) is 0 Å². The highest BCUT2D eigenvalue weighted by molar-refractivity contribution is 9.11. The van der Waals surface area contributed by atoms with Crippen LogP contribution < -0.4 is 0 Å². The molecule has 1 saturated heterocycles. The lowest BCUT2D eigenvalue weighted by molar-refractivity contribution is -0.168. The summed E-state index contributed by atoms with van der Waals surface area (Å²) in [5.74, 6) is -3.72. The quantitative estimate of drug-likeness (QED) is 0.762. The highest BCUT2D eigenvalue weighted by Gasteiger charge is 2.43. The zero-order valence-corrected chi connectivity index (χ0v) is 14.7. The second-order valence-electron chi connectivity index (χ2n) is 5.28. The second kappa shape index (κ2) is 6.23. The van der Waals surface area contributed by atoms with E-state index in [-0.39, 0.29) is 5.56 Å². The predicted molar refractivity (Wildman–Crippen MR) is 85.5 cm³/mol. The van der Waals surface area contributed by atoms with Gasteiger partial charge >= 0.3 is 0 Å². The van der Waals surface area contributed by atoms with E-state index < -0.39 is 41.7 Å². The molecule has 126 valence electrons. The van der Waals surface area contributed by atoms with Crippen LogP contribution in [0.25, 0.3) is 0 Å². The van der Waals surface area contributed by atoms with Crippen molar-refractivity contribution in [3.8, 4) is 0 Å². The summed E-state index contributed by atoms with van der Waals surface area (Å²) in [6, 6.07) is 3.85. The Hall–Kier alpha value is -1.84. The first-order valence-corrected chi connectivity index (χ1v) is 8.49. The van der Waals surface area contributed by atoms with Gasteiger partial charge in [0.15, 0.2) is 6.17 Å². The lowest BCUT2D eigenvalue weighted by Gasteiger charge is -2.26. The van der Waals surface area contributed by atoms with Crippen LogP contribution >= 0.6 is 27.3 Å². The van der Waals surface area contributed by atoms with Gasteiger partial charge in [-0.05, 0) is 45.9 Å². The Bertz CT molecular complexity index is 842. The number of hydrogen-bond acceptors (Lipinski definition) is 4. The molecule has 1 fully saturated rings. The molecule has 2 aromatic rings. The molecule has 1 unspecified atom stereocenters. The van der Waals surface area contributed by atoms with Crippen molar-refractivity contribution in [2.75, 3.05) is 6.54 Å². The summed E-state index contributed by atoms with van der Waals surface area (Å²) in [5, 5.41) is 12.0. The first-order valence-electron chi connectivity index (χ1n) is 6.81. The molecule has 1 aliphatic rings. The minimum atomic E-state index is -1.13. The van der Waals surface area contributed by atoms with E-state index >= 15 is 0 Å². The SMILES string of the molecule is Cc1ccc(F)c(C(=O)N2CC(=O)N(O)C2c2csc(Br)c2)c1F. The average Bonchev–Trinajstić information content (AvgIpc) is 3.07. The van der Waals surface area contributed by atoms with Crippen LogP contribution in [0.2, 0.25) is 0 Å². The smallest absolute Gasteiger partial charge is 0.267 e. The molecule has 1 aliphatic heterocycles. The van der Waals surface area contributed by atoms with Crippen molar-refractivity contribution in [1.29, 1.82) is 0 Å². The van der Waals surface area contributed by atoms with Crippen LogP contribution in [-0.4, -0.2) is 33.5 Å². The third-order valence-corrected chi connectivity index (χ3v) is 5.26. The van der Waals surface area contributed by atoms with E-state index in [9.17, 15) is 23.6 Å². The van der Waals surface area contributed by atoms with E-state index in [1.807, 2.05) is 0 Å². The lowest BCUT2D eigenvalue weighted by Crippen LogP contribution is -2.35. The fraction of sp³-hybridized carbons (Fsp3) is 0.200. The minimum Gasteiger partial charge on any atom is -0.302 e. The zero-order valence-electron chi connectivity index (χ0n) is 12.3. The number of carbonyl (C=O) groups excluding carboxylic acids is 2. The van der Waals surface area contributed by atoms with Crippen molar-refractivity contribution < 1.29 is 23.6 Å². The molecule has 1 atom stereocenters. The molecule has 5 nitrogen and oxygen atoms in total. The summed E-state index contributed by atoms with van der Waals surface area (Å²) in [4.78, 5) is 25.4. The van der Waals surface area contributed by atoms with E-state index in [0.717, 1.165) is 14.8 Å². The number of hydroxylamine groups is 2. The molecule has 0 radical (unpaired) electrons. The average molecular weight is 417 g/mol. The van der Waals surface area contributed by atoms with Crippen molar-refractivity contribution in [3.05, 3.63) is 55.7 Å². The van der Waals surface area contributed by atoms with Crippen LogP contribution in [0.1, 0.15) is 27.7 Å². The molecule has 2 heterocycles. The van der Waals surface area contributed by atoms with Crippen molar-refractivity contribution >= 4 is 39.1 Å². The summed E-state index contributed by atoms with van der Waals surface area (Å²) in [5.41, 5.74) is -0.166. The third kappa shape index (κ3) is 2.72. The van der Waals surface area contributed by atoms with E-state index in [1.165, 1.54) is 24.3 Å². The Morgan fingerprint density at radius 3 is 2.75 bits per heavy atom. The molecule has 0 bridgehead atoms. The van der Waals surface area contributed by atoms with Gasteiger partial charge in [-0.3, -0.25) is 14.8 Å². The molecule has 0 saturated carbocycles. The van der Waals surface area contributed by atoms with Gasteiger partial charge in [0.1, 0.15) is 23.7 Å². The van der Waals surface area contributed by atoms with Crippen molar-refractivity contribution in [2.45, 2.75) is 13.1 Å². The summed E-state index contributed by atoms with van der Waals surface area (Å²) < 4.78 is 29.0. The number of aryl methyl sites for hydroxylation is 1. The molecule has 0 aliphatic carbocycles. The van der Waals surface area contributed by atoms with Crippen LogP contribution in [0.15, 0.2) is 27.4 Å². The molecular formula is C15H11BrF2N2O3S. The number of rotatable bonds is 2. The van der Waals surface area contributed by atoms with E-state index in [0.29, 0.717) is 10.6 Å². The largest absolute Gasteiger partial charge is 0.302 e. The van der Waals surface area contributed by atoms with Crippen LogP contribution in [-0.2, 0) is 4.79 Å². The maximum atomic E-state index is 14.2. The Balaban J connectivity index is 2.05. The van der Waals surface area contributed by atoms with Crippen LogP contribution in [0.5, 0.6) is 0 Å². The molecular weight excluding hydrogens is 406 g/mol. The Labute approximate surface area is 148 Å². The predicted octanol–water partition coefficient (Wildman–Crippen LogP) is 3.47. The molecule has 1 aromatic heterocycles. The molecule has 24 heavy (non-hydrogen) atoms. The number of benzene rings is 1. The Morgan fingerprint density at radius 1 is 1.42 bits per heavy atom. The molecule has 1 aromatic carbocycles. The molecule has 3 rings (SSSR count). The summed E-state index contributed by atoms with van der Waals surface area (Å²) in [7, 11) is 0. The fourth-order valence-corrected chi connectivity index (χ4v) is 3.72. The van der Waals surface area contributed by atoms with E-state index in [2.05, 4.69) is 15.9 Å². The van der Waals surface area contributed by atoms with Crippen molar-refractivity contribution in [3.63, 3.8) is 0 Å². The first-order chi connectivity index (χ1) is 11.3. The molecule has 2 amide bonds. The Morgan fingerprint density at radius 2 is 2.12 bits per heavy atom. The number of amides is 2. The maximum Gasteiger partial charge on any atom is 0.267 e. The van der Waals surface area contributed by atoms with Gasteiger partial charge in [-0.1, -0.05) is 6.07 Å². The lowest BCUT2D eigenvalue weighted by atomic mass is 10.1. The van der Waals surface area contributed by atoms with Gasteiger partial charge in [-0.25, -0.2) is 8.78 Å². The van der Waals surface area contributed by atoms with E-state index in [4.69, 9.17) is 0 Å². The van der Waals surface area contributed by atoms with Gasteiger partial charge in [-0.2, -0.15) is 5.06 Å². The standard InChI is InChI=1S/C15H11BrF2N2O3S/c1-7-2-3-9(17)12(13(7)18)15(22)19-5-11(21)20(23)14(19)8-4-10(16)24-6-8/h2-4,6,14,23H,5H2,1H3. The topological polar surface area (TPSA) is 60.9 Å². The van der Waals surface area contributed by atoms with Gasteiger partial charge < -0.3 is 4.90 Å². The van der Waals surface area contributed by atoms with Gasteiger partial charge in [0.25, 0.3) is 11.8 Å². The molecule has 1 N–H and O–H groups in total. The minimum absolute atomic E-state index is 0.112. The van der Waals surface area contributed by atoms with Crippen LogP contribution in [0.3, 0.4) is 0 Å². The third-order valence-electron chi connectivity index (χ3n) is 3.73. The number of nitrogens with zero attached hydrogens (tertiary/aromatic N) is 2. The number of hydrogen-bond donors (Lipinski definition) is 1. The molecule has 0 spiro atoms. The van der Waals surface area contributed by atoms with Gasteiger partial charge in [0, 0.05) is 5.56 Å². The Kier molecular flexibility index (Phi) is 4.41. The highest BCUT2D eigenvalue weighted by Crippen LogP contribution is 2.35. The number of halogens is 3. The summed E-state index contributed by atoms with van der Waals surface area (Å²) in [6.07, 6.45) is -1.13. The second-order valence-corrected chi connectivity index (χ2v) is 7.57. The van der Waals surface area contributed by atoms with E-state index in [1.54, 1.807) is 11.4 Å². The summed E-state index contributed by atoms with van der Waals surface area (Å²) >= 11 is 4.55. The van der Waals surface area contributed by atoms with Gasteiger partial charge in [-0.15, -0.1) is 11.3 Å². The summed E-state index contributed by atoms with van der Waals surface area (Å²) in [6.45, 7) is 0.937. The van der Waals surface area contributed by atoms with Crippen LogP contribution in [0.4, 0.5) is 8.78 Å². The molecule has 9 heteroatoms. The first kappa shape index (κ1) is 17.0. The monoisotopic (exact) mass is 416 g/mol. The normalized spacial score (nSPS) is 17.7. The number of carbonyl (C=O) groups is 2.